The van der Waals surface area contributed by atoms with Gasteiger partial charge in [-0.15, -0.1) is 0 Å². The topological polar surface area (TPSA) is 53.8 Å². The highest BCUT2D eigenvalue weighted by molar-refractivity contribution is 6.19. The standard InChI is InChI=1S/C17H16N2O3/c1-18-11-15(20)19(2)16(17(18)21)13-8-9-22-14(13)10-12-6-4-3-5-7-12/h3-10H,11H2,1-2H3/b14-10?,16-13-. The van der Waals surface area contributed by atoms with E-state index in [1.54, 1.807) is 20.2 Å². The van der Waals surface area contributed by atoms with Crippen LogP contribution in [-0.4, -0.2) is 42.3 Å². The molecule has 2 heterocycles. The zero-order chi connectivity index (χ0) is 15.7. The number of rotatable bonds is 1. The number of hydrogen-bond donors (Lipinski definition) is 0. The van der Waals surface area contributed by atoms with Crippen molar-refractivity contribution in [3.63, 3.8) is 0 Å². The summed E-state index contributed by atoms with van der Waals surface area (Å²) in [6.07, 6.45) is 3.37. The van der Waals surface area contributed by atoms with Crippen molar-refractivity contribution in [2.45, 2.75) is 0 Å². The summed E-state index contributed by atoms with van der Waals surface area (Å²) in [5.41, 5.74) is 1.86. The van der Waals surface area contributed by atoms with Gasteiger partial charge in [-0.3, -0.25) is 9.59 Å². The van der Waals surface area contributed by atoms with E-state index in [-0.39, 0.29) is 18.4 Å². The molecule has 0 bridgehead atoms. The van der Waals surface area contributed by atoms with Gasteiger partial charge in [-0.05, 0) is 17.7 Å². The van der Waals surface area contributed by atoms with Gasteiger partial charge in [-0.25, -0.2) is 0 Å². The van der Waals surface area contributed by atoms with Crippen LogP contribution in [0.4, 0.5) is 0 Å². The monoisotopic (exact) mass is 296 g/mol. The average Bonchev–Trinajstić information content (AvgIpc) is 2.95. The number of carbonyl (C=O) groups excluding carboxylic acids is 2. The lowest BCUT2D eigenvalue weighted by Gasteiger charge is -2.30. The number of benzene rings is 1. The largest absolute Gasteiger partial charge is 0.464 e. The van der Waals surface area contributed by atoms with Gasteiger partial charge in [0.15, 0.2) is 0 Å². The van der Waals surface area contributed by atoms with E-state index in [2.05, 4.69) is 0 Å². The maximum Gasteiger partial charge on any atom is 0.271 e. The van der Waals surface area contributed by atoms with Gasteiger partial charge in [0, 0.05) is 19.3 Å². The van der Waals surface area contributed by atoms with Gasteiger partial charge in [-0.1, -0.05) is 30.3 Å². The van der Waals surface area contributed by atoms with Crippen LogP contribution in [0.1, 0.15) is 5.56 Å². The van der Waals surface area contributed by atoms with Crippen LogP contribution in [0.5, 0.6) is 0 Å². The molecule has 0 N–H and O–H groups in total. The Morgan fingerprint density at radius 3 is 2.55 bits per heavy atom. The van der Waals surface area contributed by atoms with E-state index in [0.717, 1.165) is 5.56 Å². The van der Waals surface area contributed by atoms with Crippen LogP contribution in [0.2, 0.25) is 0 Å². The van der Waals surface area contributed by atoms with Crippen LogP contribution < -0.4 is 10.6 Å². The van der Waals surface area contributed by atoms with Crippen LogP contribution in [-0.2, 0) is 9.59 Å². The minimum atomic E-state index is -0.189. The minimum absolute atomic E-state index is 0.0917. The number of likely N-dealkylation sites (N-methyl/N-ethyl adjacent to an activating group) is 2. The average molecular weight is 296 g/mol. The Morgan fingerprint density at radius 1 is 1.09 bits per heavy atom. The number of hydrogen-bond acceptors (Lipinski definition) is 3. The van der Waals surface area contributed by atoms with Crippen LogP contribution in [0, 0.1) is 0 Å². The Kier molecular flexibility index (Phi) is 3.55. The van der Waals surface area contributed by atoms with Crippen LogP contribution >= 0.6 is 0 Å². The lowest BCUT2D eigenvalue weighted by molar-refractivity contribution is -0.139. The molecule has 1 aliphatic rings. The Morgan fingerprint density at radius 2 is 1.82 bits per heavy atom. The molecule has 5 heteroatoms. The van der Waals surface area contributed by atoms with Gasteiger partial charge in [0.05, 0.1) is 6.26 Å². The predicted molar refractivity (Wildman–Crippen MR) is 81.8 cm³/mol. The first-order valence-corrected chi connectivity index (χ1v) is 6.94. The third-order valence-corrected chi connectivity index (χ3v) is 3.68. The molecular formula is C17H16N2O3. The first kappa shape index (κ1) is 14.1. The maximum atomic E-state index is 12.4. The number of furan rings is 1. The van der Waals surface area contributed by atoms with E-state index in [4.69, 9.17) is 4.42 Å². The van der Waals surface area contributed by atoms with Gasteiger partial charge in [0.1, 0.15) is 17.7 Å². The Balaban J connectivity index is 2.24. The Hall–Kier alpha value is -2.82. The summed E-state index contributed by atoms with van der Waals surface area (Å²) in [4.78, 5) is 27.2. The molecule has 0 unspecified atom stereocenters. The van der Waals surface area contributed by atoms with Gasteiger partial charge in [0.2, 0.25) is 5.91 Å². The summed E-state index contributed by atoms with van der Waals surface area (Å²) in [6, 6.07) is 11.4. The number of piperazine rings is 1. The molecule has 1 aliphatic heterocycles. The molecule has 1 saturated heterocycles. The van der Waals surface area contributed by atoms with Gasteiger partial charge in [-0.2, -0.15) is 0 Å². The zero-order valence-electron chi connectivity index (χ0n) is 12.4. The van der Waals surface area contributed by atoms with Gasteiger partial charge < -0.3 is 14.2 Å². The lowest BCUT2D eigenvalue weighted by Crippen LogP contribution is -2.51. The normalized spacial score (nSPS) is 19.1. The summed E-state index contributed by atoms with van der Waals surface area (Å²) in [7, 11) is 3.23. The summed E-state index contributed by atoms with van der Waals surface area (Å²) < 4.78 is 5.50. The van der Waals surface area contributed by atoms with Crippen molar-refractivity contribution in [1.82, 2.24) is 9.80 Å². The van der Waals surface area contributed by atoms with E-state index < -0.39 is 0 Å². The molecule has 0 atom stereocenters. The van der Waals surface area contributed by atoms with Gasteiger partial charge >= 0.3 is 0 Å². The molecule has 22 heavy (non-hydrogen) atoms. The van der Waals surface area contributed by atoms with Crippen LogP contribution in [0.3, 0.4) is 0 Å². The molecule has 0 radical (unpaired) electrons. The second-order valence-electron chi connectivity index (χ2n) is 5.22. The second kappa shape index (κ2) is 5.52. The quantitative estimate of drug-likeness (QED) is 0.752. The first-order valence-electron chi connectivity index (χ1n) is 6.94. The molecule has 0 spiro atoms. The summed E-state index contributed by atoms with van der Waals surface area (Å²) >= 11 is 0. The van der Waals surface area contributed by atoms with Crippen molar-refractivity contribution < 1.29 is 14.0 Å². The predicted octanol–water partition coefficient (Wildman–Crippen LogP) is 0.147. The Bertz CT molecular complexity index is 836. The second-order valence-corrected chi connectivity index (χ2v) is 5.22. The highest BCUT2D eigenvalue weighted by Gasteiger charge is 2.31. The van der Waals surface area contributed by atoms with Crippen molar-refractivity contribution in [3.8, 4) is 0 Å². The number of amides is 2. The van der Waals surface area contributed by atoms with Crippen molar-refractivity contribution in [3.05, 3.63) is 58.9 Å². The highest BCUT2D eigenvalue weighted by atomic mass is 16.3. The molecule has 112 valence electrons. The molecule has 1 aromatic carbocycles. The third kappa shape index (κ3) is 2.41. The SMILES string of the molecule is CN1CC(=O)N(C)/C(=c2/ccoc2=Cc2ccccc2)C1=O. The van der Waals surface area contributed by atoms with Gasteiger partial charge in [0.25, 0.3) is 5.91 Å². The summed E-state index contributed by atoms with van der Waals surface area (Å²) in [5, 5.41) is 0.622. The fourth-order valence-electron chi connectivity index (χ4n) is 2.45. The van der Waals surface area contributed by atoms with Crippen molar-refractivity contribution >= 4 is 23.6 Å². The molecular weight excluding hydrogens is 280 g/mol. The van der Waals surface area contributed by atoms with E-state index in [1.165, 1.54) is 16.1 Å². The molecule has 2 aromatic rings. The number of carbonyl (C=O) groups is 2. The smallest absolute Gasteiger partial charge is 0.271 e. The summed E-state index contributed by atoms with van der Waals surface area (Å²) in [5.74, 6) is -0.310. The fourth-order valence-corrected chi connectivity index (χ4v) is 2.45. The van der Waals surface area contributed by atoms with Crippen molar-refractivity contribution in [2.24, 2.45) is 0 Å². The maximum absolute atomic E-state index is 12.4. The summed E-state index contributed by atoms with van der Waals surface area (Å²) in [6.45, 7) is 0.0917. The van der Waals surface area contributed by atoms with Crippen LogP contribution in [0.15, 0.2) is 47.1 Å². The minimum Gasteiger partial charge on any atom is -0.464 e. The van der Waals surface area contributed by atoms with E-state index in [0.29, 0.717) is 16.3 Å². The van der Waals surface area contributed by atoms with Crippen molar-refractivity contribution in [1.29, 1.82) is 0 Å². The molecule has 2 amide bonds. The lowest BCUT2D eigenvalue weighted by atomic mass is 10.1. The molecule has 5 nitrogen and oxygen atoms in total. The van der Waals surface area contributed by atoms with Crippen LogP contribution in [0.25, 0.3) is 11.8 Å². The van der Waals surface area contributed by atoms with E-state index >= 15 is 0 Å². The number of nitrogens with zero attached hydrogens (tertiary/aromatic N) is 2. The molecule has 1 aromatic heterocycles. The third-order valence-electron chi connectivity index (χ3n) is 3.68. The first-order chi connectivity index (χ1) is 10.6. The molecule has 0 aliphatic carbocycles. The highest BCUT2D eigenvalue weighted by Crippen LogP contribution is 2.12. The van der Waals surface area contributed by atoms with Crippen molar-refractivity contribution in [2.75, 3.05) is 20.6 Å². The molecule has 0 saturated carbocycles. The van der Waals surface area contributed by atoms with E-state index in [1.807, 2.05) is 36.4 Å². The Labute approximate surface area is 127 Å². The zero-order valence-corrected chi connectivity index (χ0v) is 12.4. The molecule has 3 rings (SSSR count). The fraction of sp³-hybridized carbons (Fsp3) is 0.176. The molecule has 1 fully saturated rings. The van der Waals surface area contributed by atoms with E-state index in [9.17, 15) is 9.59 Å².